The van der Waals surface area contributed by atoms with Gasteiger partial charge < -0.3 is 0 Å². The Morgan fingerprint density at radius 1 is 0.423 bits per heavy atom. The van der Waals surface area contributed by atoms with Crippen LogP contribution in [0, 0.1) is 0 Å². The average Bonchev–Trinajstić information content (AvgIpc) is 2.41. The van der Waals surface area contributed by atoms with Crippen molar-refractivity contribution in [1.82, 2.24) is 0 Å². The Morgan fingerprint density at radius 2 is 0.654 bits per heavy atom. The first kappa shape index (κ1) is 21.4. The van der Waals surface area contributed by atoms with Crippen molar-refractivity contribution in [3.05, 3.63) is 48.5 Å². The maximum atomic E-state index is 12.6. The fourth-order valence-corrected chi connectivity index (χ4v) is 4.83. The van der Waals surface area contributed by atoms with E-state index < -0.39 is 30.2 Å². The summed E-state index contributed by atoms with van der Waals surface area (Å²) in [7, 11) is -18.0. The molecule has 0 radical (unpaired) electrons. The molecule has 0 aliphatic rings. The van der Waals surface area contributed by atoms with Crippen molar-refractivity contribution in [2.45, 2.75) is 19.6 Å². The van der Waals surface area contributed by atoms with Gasteiger partial charge in [0.25, 0.3) is 0 Å². The van der Waals surface area contributed by atoms with Gasteiger partial charge in [-0.3, -0.25) is 0 Å². The van der Waals surface area contributed by atoms with Crippen molar-refractivity contribution in [3.63, 3.8) is 0 Å². The normalized spacial score (nSPS) is 18.4. The number of benzene rings is 2. The van der Waals surface area contributed by atoms with Gasteiger partial charge in [-0.25, -0.2) is 0 Å². The average molecular weight is 470 g/mol. The largest absolute Gasteiger partial charge is 0.310 e. The summed E-state index contributed by atoms with van der Waals surface area (Å²) in [6.07, 6.45) is 0. The SMILES string of the molecule is FS(F)(F)(F)(F)c1ccc(SSc2ccc(S(F)(F)(F)(F)F)cc2)cc1. The Balaban J connectivity index is 2.11. The first-order chi connectivity index (χ1) is 11.1. The molecule has 0 aliphatic carbocycles. The summed E-state index contributed by atoms with van der Waals surface area (Å²) < 4.78 is 126. The van der Waals surface area contributed by atoms with Crippen LogP contribution >= 0.6 is 42.0 Å². The first-order valence-electron chi connectivity index (χ1n) is 6.17. The fraction of sp³-hybridized carbons (Fsp3) is 0. The zero-order valence-corrected chi connectivity index (χ0v) is 15.3. The van der Waals surface area contributed by atoms with E-state index in [4.69, 9.17) is 0 Å². The highest BCUT2D eigenvalue weighted by Gasteiger charge is 2.66. The second-order valence-electron chi connectivity index (χ2n) is 5.05. The smallest absolute Gasteiger partial charge is 0.0936 e. The lowest BCUT2D eigenvalue weighted by molar-refractivity contribution is 0.360. The van der Waals surface area contributed by atoms with Gasteiger partial charge in [0.15, 0.2) is 0 Å². The van der Waals surface area contributed by atoms with Crippen LogP contribution in [-0.2, 0) is 0 Å². The second kappa shape index (κ2) is 4.94. The highest BCUT2D eigenvalue weighted by atomic mass is 33.1. The van der Waals surface area contributed by atoms with Crippen molar-refractivity contribution >= 4 is 42.0 Å². The van der Waals surface area contributed by atoms with Crippen molar-refractivity contribution in [3.8, 4) is 0 Å². The molecule has 2 aromatic carbocycles. The Labute approximate surface area is 149 Å². The summed E-state index contributed by atoms with van der Waals surface area (Å²) in [6.45, 7) is 0. The van der Waals surface area contributed by atoms with Crippen LogP contribution in [0.5, 0.6) is 0 Å². The Hall–Kier alpha value is -0.860. The van der Waals surface area contributed by atoms with Gasteiger partial charge >= 0.3 is 20.4 Å². The highest BCUT2D eigenvalue weighted by molar-refractivity contribution is 8.76. The molecule has 0 N–H and O–H groups in total. The summed E-state index contributed by atoms with van der Waals surface area (Å²) in [5.41, 5.74) is 0. The first-order valence-corrected chi connectivity index (χ1v) is 12.2. The zero-order valence-electron chi connectivity index (χ0n) is 12.0. The van der Waals surface area contributed by atoms with Crippen LogP contribution < -0.4 is 0 Å². The monoisotopic (exact) mass is 470 g/mol. The van der Waals surface area contributed by atoms with E-state index in [-0.39, 0.29) is 34.1 Å². The van der Waals surface area contributed by atoms with Gasteiger partial charge in [-0.1, -0.05) is 60.4 Å². The third-order valence-electron chi connectivity index (χ3n) is 2.77. The molecule has 0 amide bonds. The third kappa shape index (κ3) is 5.82. The van der Waals surface area contributed by atoms with Crippen LogP contribution in [0.1, 0.15) is 0 Å². The summed E-state index contributed by atoms with van der Waals surface area (Å²) >= 11 is 0. The van der Waals surface area contributed by atoms with E-state index in [2.05, 4.69) is 0 Å². The van der Waals surface area contributed by atoms with Crippen LogP contribution in [0.2, 0.25) is 0 Å². The minimum absolute atomic E-state index is 0.109. The maximum absolute atomic E-state index is 12.6. The molecule has 0 fully saturated rings. The molecule has 26 heavy (non-hydrogen) atoms. The van der Waals surface area contributed by atoms with E-state index in [0.717, 1.165) is 45.9 Å². The molecule has 2 rings (SSSR count). The van der Waals surface area contributed by atoms with Gasteiger partial charge in [0.05, 0.1) is 0 Å². The van der Waals surface area contributed by atoms with Crippen LogP contribution in [0.3, 0.4) is 0 Å². The summed E-state index contributed by atoms with van der Waals surface area (Å²) in [5, 5.41) is 0. The van der Waals surface area contributed by atoms with Gasteiger partial charge in [-0.15, -0.1) is 0 Å². The van der Waals surface area contributed by atoms with Crippen LogP contribution in [-0.4, -0.2) is 0 Å². The molecule has 0 saturated heterocycles. The van der Waals surface area contributed by atoms with Gasteiger partial charge in [-0.05, 0) is 48.5 Å². The van der Waals surface area contributed by atoms with Gasteiger partial charge in [0.1, 0.15) is 9.79 Å². The summed E-state index contributed by atoms with van der Waals surface area (Å²) in [6, 6.07) is 3.87. The minimum Gasteiger partial charge on any atom is -0.0936 e. The fourth-order valence-electron chi connectivity index (χ4n) is 1.60. The zero-order chi connectivity index (χ0) is 20.2. The van der Waals surface area contributed by atoms with Crippen LogP contribution in [0.25, 0.3) is 0 Å². The maximum Gasteiger partial charge on any atom is 0.310 e. The molecule has 150 valence electrons. The Kier molecular flexibility index (Phi) is 4.08. The summed E-state index contributed by atoms with van der Waals surface area (Å²) in [4.78, 5) is -3.92. The quantitative estimate of drug-likeness (QED) is 0.315. The molecular weight excluding hydrogens is 462 g/mol. The van der Waals surface area contributed by atoms with Crippen LogP contribution in [0.15, 0.2) is 68.1 Å². The van der Waals surface area contributed by atoms with Crippen LogP contribution in [0.4, 0.5) is 38.9 Å². The second-order valence-corrected chi connectivity index (χ2v) is 12.1. The number of hydrogen-bond donors (Lipinski definition) is 0. The predicted octanol–water partition coefficient (Wildman–Crippen LogP) is 9.80. The van der Waals surface area contributed by atoms with E-state index in [1.165, 1.54) is 0 Å². The molecule has 0 aromatic heterocycles. The lowest BCUT2D eigenvalue weighted by Gasteiger charge is -2.40. The molecule has 2 aromatic rings. The van der Waals surface area contributed by atoms with Crippen molar-refractivity contribution < 1.29 is 38.9 Å². The molecule has 0 bridgehead atoms. The van der Waals surface area contributed by atoms with Gasteiger partial charge in [-0.2, -0.15) is 0 Å². The van der Waals surface area contributed by atoms with E-state index in [1.807, 2.05) is 0 Å². The molecule has 0 heterocycles. The molecule has 0 nitrogen and oxygen atoms in total. The number of halogens is 10. The van der Waals surface area contributed by atoms with Gasteiger partial charge in [0.2, 0.25) is 0 Å². The highest BCUT2D eigenvalue weighted by Crippen LogP contribution is 3.02. The Morgan fingerprint density at radius 3 is 0.846 bits per heavy atom. The van der Waals surface area contributed by atoms with E-state index in [9.17, 15) is 38.9 Å². The molecule has 0 spiro atoms. The standard InChI is InChI=1S/C12H8F10S4/c13-25(14,15,16,17)11-5-1-9(2-6-11)23-24-10-3-7-12(8-4-10)26(18,19,20,21)22/h1-8H. The lowest BCUT2D eigenvalue weighted by atomic mass is 10.4. The topological polar surface area (TPSA) is 0 Å². The number of hydrogen-bond acceptors (Lipinski definition) is 2. The lowest BCUT2D eigenvalue weighted by Crippen LogP contribution is -2.05. The molecule has 14 heteroatoms. The predicted molar refractivity (Wildman–Crippen MR) is 87.4 cm³/mol. The van der Waals surface area contributed by atoms with E-state index in [1.54, 1.807) is 0 Å². The Bertz CT molecular complexity index is 748. The van der Waals surface area contributed by atoms with Crippen molar-refractivity contribution in [1.29, 1.82) is 0 Å². The van der Waals surface area contributed by atoms with E-state index >= 15 is 0 Å². The molecule has 0 saturated carbocycles. The minimum atomic E-state index is -9.78. The summed E-state index contributed by atoms with van der Waals surface area (Å²) in [5.74, 6) is 0. The molecule has 0 atom stereocenters. The van der Waals surface area contributed by atoms with Gasteiger partial charge in [0, 0.05) is 9.79 Å². The number of rotatable bonds is 5. The van der Waals surface area contributed by atoms with E-state index in [0.29, 0.717) is 0 Å². The molecular formula is C12H8F10S4. The molecule has 0 aliphatic heterocycles. The third-order valence-corrected chi connectivity index (χ3v) is 7.52. The van der Waals surface area contributed by atoms with Crippen molar-refractivity contribution in [2.75, 3.05) is 0 Å². The van der Waals surface area contributed by atoms with Crippen molar-refractivity contribution in [2.24, 2.45) is 0 Å². The molecule has 0 unspecified atom stereocenters.